The molecule has 10 nitrogen and oxygen atoms in total. The lowest BCUT2D eigenvalue weighted by atomic mass is 9.93. The van der Waals surface area contributed by atoms with Crippen molar-refractivity contribution in [3.63, 3.8) is 0 Å². The molecule has 3 aromatic rings. The van der Waals surface area contributed by atoms with Gasteiger partial charge in [-0.15, -0.1) is 0 Å². The molecule has 0 bridgehead atoms. The standard InChI is InChI=1S/C32H38FNO6S.CH4O3S/c1-20(2)39-30-9-5-23(19-34-25-8-6-24(29(33)18-25)7-10-31(35)36)17-28(30)32-21(3)15-27(16-22(32)4)40-26-11-13-41(37,38)14-12-26;1-5(2,3)4/h5-6,8-9,15-18,20,26,34H,7,10-14,19H2,1-4H3,(H,35,36);1H3,(H,2,3,4). The highest BCUT2D eigenvalue weighted by Gasteiger charge is 2.25. The van der Waals surface area contributed by atoms with Crippen molar-refractivity contribution < 1.29 is 45.2 Å². The Labute approximate surface area is 270 Å². The van der Waals surface area contributed by atoms with E-state index in [1.807, 2.05) is 52.0 Å². The van der Waals surface area contributed by atoms with Gasteiger partial charge in [0.25, 0.3) is 10.1 Å². The van der Waals surface area contributed by atoms with E-state index >= 15 is 0 Å². The lowest BCUT2D eigenvalue weighted by molar-refractivity contribution is -0.136. The van der Waals surface area contributed by atoms with E-state index < -0.39 is 31.7 Å². The Bertz CT molecular complexity index is 1710. The molecule has 252 valence electrons. The van der Waals surface area contributed by atoms with E-state index in [-0.39, 0.29) is 36.6 Å². The number of halogens is 1. The zero-order valence-corrected chi connectivity index (χ0v) is 28.3. The average Bonchev–Trinajstić information content (AvgIpc) is 2.92. The van der Waals surface area contributed by atoms with Crippen molar-refractivity contribution in [2.45, 2.75) is 72.1 Å². The summed E-state index contributed by atoms with van der Waals surface area (Å²) in [5.41, 5.74) is 5.97. The van der Waals surface area contributed by atoms with E-state index in [9.17, 15) is 26.0 Å². The molecule has 0 spiro atoms. The van der Waals surface area contributed by atoms with Crippen LogP contribution in [0.25, 0.3) is 11.1 Å². The molecule has 4 rings (SSSR count). The molecule has 46 heavy (non-hydrogen) atoms. The maximum absolute atomic E-state index is 14.5. The first-order chi connectivity index (χ1) is 21.4. The summed E-state index contributed by atoms with van der Waals surface area (Å²) in [5, 5.41) is 12.1. The first-order valence-corrected chi connectivity index (χ1v) is 18.5. The Morgan fingerprint density at radius 2 is 1.65 bits per heavy atom. The van der Waals surface area contributed by atoms with Crippen LogP contribution in [0.1, 0.15) is 55.4 Å². The fourth-order valence-corrected chi connectivity index (χ4v) is 6.59. The predicted molar refractivity (Wildman–Crippen MR) is 177 cm³/mol. The normalized spacial score (nSPS) is 14.7. The third kappa shape index (κ3) is 11.9. The van der Waals surface area contributed by atoms with Crippen LogP contribution in [-0.4, -0.2) is 62.4 Å². The number of nitrogens with one attached hydrogen (secondary N) is 1. The number of benzene rings is 3. The number of carboxylic acid groups (broad SMARTS) is 1. The Balaban J connectivity index is 0.00000107. The lowest BCUT2D eigenvalue weighted by Crippen LogP contribution is -2.30. The molecule has 1 aliphatic rings. The maximum atomic E-state index is 14.5. The highest BCUT2D eigenvalue weighted by molar-refractivity contribution is 7.91. The van der Waals surface area contributed by atoms with Gasteiger partial charge in [0.05, 0.1) is 23.9 Å². The van der Waals surface area contributed by atoms with Crippen LogP contribution in [0, 0.1) is 19.7 Å². The second kappa shape index (κ2) is 15.7. The van der Waals surface area contributed by atoms with E-state index in [2.05, 4.69) is 11.4 Å². The quantitative estimate of drug-likeness (QED) is 0.206. The number of aliphatic carboxylic acids is 1. The molecule has 0 unspecified atom stereocenters. The summed E-state index contributed by atoms with van der Waals surface area (Å²) in [7, 11) is -6.62. The molecule has 1 fully saturated rings. The molecule has 0 amide bonds. The molecule has 3 aromatic carbocycles. The van der Waals surface area contributed by atoms with Gasteiger partial charge >= 0.3 is 5.97 Å². The molecule has 0 saturated carbocycles. The lowest BCUT2D eigenvalue weighted by Gasteiger charge is -2.24. The van der Waals surface area contributed by atoms with Crippen LogP contribution in [0.15, 0.2) is 48.5 Å². The summed E-state index contributed by atoms with van der Waals surface area (Å²) in [6.45, 7) is 8.47. The summed E-state index contributed by atoms with van der Waals surface area (Å²) in [5.74, 6) is 0.418. The van der Waals surface area contributed by atoms with Crippen molar-refractivity contribution >= 4 is 31.6 Å². The van der Waals surface area contributed by atoms with Gasteiger partial charge in [-0.1, -0.05) is 12.1 Å². The van der Waals surface area contributed by atoms with Crippen LogP contribution in [0.4, 0.5) is 10.1 Å². The van der Waals surface area contributed by atoms with Crippen LogP contribution < -0.4 is 14.8 Å². The minimum atomic E-state index is -3.67. The molecule has 3 N–H and O–H groups in total. The summed E-state index contributed by atoms with van der Waals surface area (Å²) < 4.78 is 76.3. The number of aryl methyl sites for hydroxylation is 3. The summed E-state index contributed by atoms with van der Waals surface area (Å²) >= 11 is 0. The number of anilines is 1. The van der Waals surface area contributed by atoms with Crippen LogP contribution in [0.2, 0.25) is 0 Å². The highest BCUT2D eigenvalue weighted by atomic mass is 32.2. The Hall–Kier alpha value is -3.68. The molecule has 0 radical (unpaired) electrons. The average molecular weight is 680 g/mol. The zero-order valence-electron chi connectivity index (χ0n) is 26.7. The van der Waals surface area contributed by atoms with Gasteiger partial charge in [-0.3, -0.25) is 9.35 Å². The maximum Gasteiger partial charge on any atom is 0.303 e. The molecule has 0 aromatic heterocycles. The highest BCUT2D eigenvalue weighted by Crippen LogP contribution is 2.38. The molecular weight excluding hydrogens is 637 g/mol. The number of rotatable bonds is 11. The number of hydrogen-bond acceptors (Lipinski definition) is 8. The third-order valence-corrected chi connectivity index (χ3v) is 8.86. The van der Waals surface area contributed by atoms with Crippen LogP contribution in [-0.2, 0) is 37.7 Å². The first kappa shape index (κ1) is 36.8. The summed E-state index contributed by atoms with van der Waals surface area (Å²) in [4.78, 5) is 10.8. The number of ether oxygens (including phenoxy) is 2. The molecule has 1 saturated heterocycles. The van der Waals surface area contributed by atoms with Crippen molar-refractivity contribution in [2.75, 3.05) is 23.1 Å². The van der Waals surface area contributed by atoms with Gasteiger partial charge in [0.15, 0.2) is 9.84 Å². The number of hydrogen-bond donors (Lipinski definition) is 3. The van der Waals surface area contributed by atoms with Crippen molar-refractivity contribution in [3.05, 3.63) is 76.6 Å². The monoisotopic (exact) mass is 679 g/mol. The SMILES string of the molecule is CS(=O)(=O)O.Cc1cc(OC2CCS(=O)(=O)CC2)cc(C)c1-c1cc(CNc2ccc(CCC(=O)O)c(F)c2)ccc1OC(C)C. The van der Waals surface area contributed by atoms with Crippen molar-refractivity contribution in [1.82, 2.24) is 0 Å². The van der Waals surface area contributed by atoms with Gasteiger partial charge in [0, 0.05) is 24.2 Å². The Kier molecular flexibility index (Phi) is 12.6. The smallest absolute Gasteiger partial charge is 0.303 e. The van der Waals surface area contributed by atoms with Crippen LogP contribution in [0.5, 0.6) is 11.5 Å². The van der Waals surface area contributed by atoms with Gasteiger partial charge in [-0.25, -0.2) is 12.8 Å². The van der Waals surface area contributed by atoms with Gasteiger partial charge in [0.1, 0.15) is 23.4 Å². The number of sulfone groups is 1. The molecule has 1 aliphatic heterocycles. The second-order valence-electron chi connectivity index (χ2n) is 11.7. The van der Waals surface area contributed by atoms with E-state index in [4.69, 9.17) is 19.1 Å². The van der Waals surface area contributed by atoms with Gasteiger partial charge in [-0.05, 0) is 111 Å². The third-order valence-electron chi connectivity index (χ3n) is 7.14. The first-order valence-electron chi connectivity index (χ1n) is 14.8. The summed E-state index contributed by atoms with van der Waals surface area (Å²) in [6, 6.07) is 14.8. The van der Waals surface area contributed by atoms with Crippen LogP contribution >= 0.6 is 0 Å². The van der Waals surface area contributed by atoms with Gasteiger partial charge in [0.2, 0.25) is 0 Å². The fourth-order valence-electron chi connectivity index (χ4n) is 5.14. The van der Waals surface area contributed by atoms with E-state index in [0.717, 1.165) is 39.3 Å². The van der Waals surface area contributed by atoms with Crippen molar-refractivity contribution in [3.8, 4) is 22.6 Å². The molecule has 0 atom stereocenters. The molecule has 1 heterocycles. The number of carboxylic acids is 1. The van der Waals surface area contributed by atoms with Gasteiger partial charge in [-0.2, -0.15) is 8.42 Å². The Morgan fingerprint density at radius 1 is 1.04 bits per heavy atom. The molecule has 0 aliphatic carbocycles. The number of carbonyl (C=O) groups is 1. The van der Waals surface area contributed by atoms with E-state index in [0.29, 0.717) is 36.9 Å². The van der Waals surface area contributed by atoms with Gasteiger partial charge < -0.3 is 19.9 Å². The largest absolute Gasteiger partial charge is 0.490 e. The second-order valence-corrected chi connectivity index (χ2v) is 15.5. The zero-order chi connectivity index (χ0) is 34.2. The predicted octanol–water partition coefficient (Wildman–Crippen LogP) is 5.99. The molecular formula is C33H42FNO9S2. The summed E-state index contributed by atoms with van der Waals surface area (Å²) in [6.07, 6.45) is 1.60. The minimum absolute atomic E-state index is 0.0221. The molecule has 13 heteroatoms. The Morgan fingerprint density at radius 3 is 2.20 bits per heavy atom. The van der Waals surface area contributed by atoms with Crippen molar-refractivity contribution in [1.29, 1.82) is 0 Å². The van der Waals surface area contributed by atoms with Crippen molar-refractivity contribution in [2.24, 2.45) is 0 Å². The van der Waals surface area contributed by atoms with Crippen LogP contribution in [0.3, 0.4) is 0 Å². The minimum Gasteiger partial charge on any atom is -0.490 e. The van der Waals surface area contributed by atoms with E-state index in [1.165, 1.54) is 6.07 Å². The van der Waals surface area contributed by atoms with E-state index in [1.54, 1.807) is 12.1 Å². The topological polar surface area (TPSA) is 156 Å². The fraction of sp³-hybridized carbons (Fsp3) is 0.424.